The molecule has 2 aromatic carbocycles. The van der Waals surface area contributed by atoms with Gasteiger partial charge in [0.2, 0.25) is 0 Å². The van der Waals surface area contributed by atoms with E-state index in [0.29, 0.717) is 12.8 Å². The van der Waals surface area contributed by atoms with Gasteiger partial charge in [0.25, 0.3) is 5.91 Å². The Balaban J connectivity index is 1.45. The van der Waals surface area contributed by atoms with Crippen LogP contribution in [0.5, 0.6) is 5.75 Å². The van der Waals surface area contributed by atoms with Gasteiger partial charge in [0.05, 0.1) is 6.04 Å². The van der Waals surface area contributed by atoms with E-state index in [4.69, 9.17) is 6.42 Å². The SMILES string of the molecule is C#CC(=O)N1[C@@H](CCCC)Cc2cc(OC(F)(F)F)ccc2[C@@H]1c1ccc(NC2(C)CC3CC(C)CC(C3)C2)cc1. The smallest absolute Gasteiger partial charge is 0.406 e. The fourth-order valence-electron chi connectivity index (χ4n) is 8.10. The third-order valence-corrected chi connectivity index (χ3v) is 9.31. The largest absolute Gasteiger partial charge is 0.573 e. The Morgan fingerprint density at radius 2 is 1.80 bits per heavy atom. The van der Waals surface area contributed by atoms with E-state index in [-0.39, 0.29) is 17.3 Å². The van der Waals surface area contributed by atoms with E-state index < -0.39 is 18.3 Å². The van der Waals surface area contributed by atoms with Crippen LogP contribution in [0.2, 0.25) is 0 Å². The molecule has 7 heteroatoms. The highest BCUT2D eigenvalue weighted by molar-refractivity contribution is 5.94. The van der Waals surface area contributed by atoms with E-state index >= 15 is 0 Å². The van der Waals surface area contributed by atoms with E-state index in [9.17, 15) is 18.0 Å². The lowest BCUT2D eigenvalue weighted by Gasteiger charge is -2.48. The summed E-state index contributed by atoms with van der Waals surface area (Å²) in [6, 6.07) is 11.9. The molecule has 4 atom stereocenters. The first kappa shape index (κ1) is 29.4. The molecule has 3 aliphatic rings. The van der Waals surface area contributed by atoms with Crippen LogP contribution in [-0.4, -0.2) is 28.8 Å². The molecule has 2 bridgehead atoms. The van der Waals surface area contributed by atoms with Crippen LogP contribution in [0.25, 0.3) is 0 Å². The van der Waals surface area contributed by atoms with Crippen molar-refractivity contribution in [3.8, 4) is 18.1 Å². The number of hydrogen-bond acceptors (Lipinski definition) is 3. The zero-order valence-corrected chi connectivity index (χ0v) is 24.3. The molecule has 41 heavy (non-hydrogen) atoms. The van der Waals surface area contributed by atoms with Gasteiger partial charge in [-0.1, -0.05) is 44.9 Å². The van der Waals surface area contributed by atoms with Crippen molar-refractivity contribution in [1.82, 2.24) is 4.90 Å². The van der Waals surface area contributed by atoms with Crippen LogP contribution < -0.4 is 10.1 Å². The molecule has 0 spiro atoms. The number of alkyl halides is 3. The summed E-state index contributed by atoms with van der Waals surface area (Å²) in [5.74, 6) is 4.00. The Bertz CT molecular complexity index is 1260. The summed E-state index contributed by atoms with van der Waals surface area (Å²) in [5.41, 5.74) is 3.48. The minimum atomic E-state index is -4.77. The van der Waals surface area contributed by atoms with Crippen molar-refractivity contribution in [3.63, 3.8) is 0 Å². The molecular weight excluding hydrogens is 525 g/mol. The minimum absolute atomic E-state index is 0.0400. The number of unbranched alkanes of at least 4 members (excludes halogenated alkanes) is 1. The van der Waals surface area contributed by atoms with Crippen LogP contribution in [0.15, 0.2) is 42.5 Å². The van der Waals surface area contributed by atoms with Crippen LogP contribution >= 0.6 is 0 Å². The number of carbonyl (C=O) groups is 1. The molecule has 1 amide bonds. The van der Waals surface area contributed by atoms with Crippen LogP contribution in [0.4, 0.5) is 18.9 Å². The molecule has 1 aliphatic heterocycles. The fourth-order valence-corrected chi connectivity index (χ4v) is 8.10. The number of hydrogen-bond donors (Lipinski definition) is 1. The lowest BCUT2D eigenvalue weighted by atomic mass is 9.62. The highest BCUT2D eigenvalue weighted by Gasteiger charge is 2.42. The highest BCUT2D eigenvalue weighted by Crippen LogP contribution is 2.48. The Morgan fingerprint density at radius 1 is 1.12 bits per heavy atom. The summed E-state index contributed by atoms with van der Waals surface area (Å²) in [6.07, 6.45) is 10.1. The average molecular weight is 567 g/mol. The zero-order chi connectivity index (χ0) is 29.4. The number of carbonyl (C=O) groups excluding carboxylic acids is 1. The van der Waals surface area contributed by atoms with E-state index in [2.05, 4.69) is 48.9 Å². The van der Waals surface area contributed by atoms with Gasteiger partial charge in [-0.15, -0.1) is 19.6 Å². The molecule has 0 saturated heterocycles. The molecule has 0 aromatic heterocycles. The summed E-state index contributed by atoms with van der Waals surface area (Å²) in [5, 5.41) is 3.83. The standard InChI is InChI=1S/C34H41F3N2O2/c1-5-7-8-28-18-26-19-29(41-34(35,36)37)13-14-30(26)32(39(28)31(40)6-2)25-9-11-27(12-10-25)38-33(4)20-23-15-22(3)16-24(17-23)21-33/h2,9-14,19,22-24,28,32,38H,5,7-8,15-18,20-21H2,1,3-4H3/t22?,23?,24?,28-,32-,33?/m0/s1. The maximum absolute atomic E-state index is 13.2. The van der Waals surface area contributed by atoms with Gasteiger partial charge < -0.3 is 15.0 Å². The molecule has 2 fully saturated rings. The zero-order valence-electron chi connectivity index (χ0n) is 24.3. The first-order valence-corrected chi connectivity index (χ1v) is 15.0. The van der Waals surface area contributed by atoms with Crippen molar-refractivity contribution in [2.75, 3.05) is 5.32 Å². The van der Waals surface area contributed by atoms with Crippen molar-refractivity contribution in [1.29, 1.82) is 0 Å². The molecule has 2 aromatic rings. The van der Waals surface area contributed by atoms with Gasteiger partial charge in [-0.25, -0.2) is 0 Å². The van der Waals surface area contributed by atoms with Gasteiger partial charge in [0, 0.05) is 17.3 Å². The fraction of sp³-hybridized carbons (Fsp3) is 0.559. The number of halogens is 3. The molecular formula is C34H41F3N2O2. The summed E-state index contributed by atoms with van der Waals surface area (Å²) in [7, 11) is 0. The average Bonchev–Trinajstić information content (AvgIpc) is 2.89. The first-order valence-electron chi connectivity index (χ1n) is 15.0. The normalized spacial score (nSPS) is 29.3. The maximum Gasteiger partial charge on any atom is 0.573 e. The van der Waals surface area contributed by atoms with Gasteiger partial charge in [0.1, 0.15) is 5.75 Å². The number of anilines is 1. The van der Waals surface area contributed by atoms with Gasteiger partial charge in [-0.3, -0.25) is 4.79 Å². The molecule has 1 N–H and O–H groups in total. The van der Waals surface area contributed by atoms with Gasteiger partial charge in [-0.2, -0.15) is 0 Å². The molecule has 4 nitrogen and oxygen atoms in total. The summed E-state index contributed by atoms with van der Waals surface area (Å²) in [6.45, 7) is 6.78. The third-order valence-electron chi connectivity index (χ3n) is 9.31. The number of fused-ring (bicyclic) bond motifs is 3. The van der Waals surface area contributed by atoms with Crippen molar-refractivity contribution in [3.05, 3.63) is 59.2 Å². The third kappa shape index (κ3) is 6.68. The molecule has 220 valence electrons. The second-order valence-corrected chi connectivity index (χ2v) is 12.9. The summed E-state index contributed by atoms with van der Waals surface area (Å²) in [4.78, 5) is 14.9. The van der Waals surface area contributed by atoms with Gasteiger partial charge >= 0.3 is 6.36 Å². The predicted octanol–water partition coefficient (Wildman–Crippen LogP) is 8.27. The van der Waals surface area contributed by atoms with Crippen molar-refractivity contribution < 1.29 is 22.7 Å². The number of terminal acetylenes is 1. The number of nitrogens with zero attached hydrogens (tertiary/aromatic N) is 1. The maximum atomic E-state index is 13.2. The second-order valence-electron chi connectivity index (χ2n) is 12.9. The first-order chi connectivity index (χ1) is 19.5. The summed E-state index contributed by atoms with van der Waals surface area (Å²) < 4.78 is 43.2. The topological polar surface area (TPSA) is 41.6 Å². The number of amides is 1. The van der Waals surface area contributed by atoms with E-state index in [1.807, 2.05) is 12.1 Å². The van der Waals surface area contributed by atoms with E-state index in [1.165, 1.54) is 31.4 Å². The van der Waals surface area contributed by atoms with Gasteiger partial charge in [-0.05, 0) is 116 Å². The quantitative estimate of drug-likeness (QED) is 0.343. The highest BCUT2D eigenvalue weighted by atomic mass is 19.4. The number of nitrogens with one attached hydrogen (secondary N) is 1. The number of benzene rings is 2. The second kappa shape index (κ2) is 11.6. The van der Waals surface area contributed by atoms with Gasteiger partial charge in [0.15, 0.2) is 0 Å². The van der Waals surface area contributed by atoms with Crippen molar-refractivity contribution in [2.45, 2.75) is 103 Å². The van der Waals surface area contributed by atoms with Crippen LogP contribution in [0.3, 0.4) is 0 Å². The summed E-state index contributed by atoms with van der Waals surface area (Å²) >= 11 is 0. The predicted molar refractivity (Wildman–Crippen MR) is 155 cm³/mol. The molecule has 2 saturated carbocycles. The van der Waals surface area contributed by atoms with Crippen LogP contribution in [0, 0.1) is 30.1 Å². The number of ether oxygens (including phenoxy) is 1. The molecule has 2 aliphatic carbocycles. The van der Waals surface area contributed by atoms with Crippen LogP contribution in [-0.2, 0) is 11.2 Å². The van der Waals surface area contributed by atoms with Crippen LogP contribution in [0.1, 0.15) is 94.9 Å². The molecule has 1 heterocycles. The minimum Gasteiger partial charge on any atom is -0.406 e. The number of rotatable bonds is 7. The lowest BCUT2D eigenvalue weighted by molar-refractivity contribution is -0.274. The van der Waals surface area contributed by atoms with E-state index in [1.54, 1.807) is 11.0 Å². The Kier molecular flexibility index (Phi) is 8.32. The van der Waals surface area contributed by atoms with Crippen molar-refractivity contribution in [2.24, 2.45) is 17.8 Å². The Hall–Kier alpha value is -3.14. The van der Waals surface area contributed by atoms with Crippen molar-refractivity contribution >= 4 is 11.6 Å². The molecule has 2 unspecified atom stereocenters. The Morgan fingerprint density at radius 3 is 2.41 bits per heavy atom. The monoisotopic (exact) mass is 566 g/mol. The molecule has 5 rings (SSSR count). The van der Waals surface area contributed by atoms with E-state index in [0.717, 1.165) is 65.8 Å². The Labute approximate surface area is 242 Å². The molecule has 0 radical (unpaired) electrons. The lowest BCUT2D eigenvalue weighted by Crippen LogP contribution is -2.47.